The quantitative estimate of drug-likeness (QED) is 0.823. The molecule has 2 nitrogen and oxygen atoms in total. The van der Waals surface area contributed by atoms with E-state index in [1.165, 1.54) is 10.4 Å². The van der Waals surface area contributed by atoms with Gasteiger partial charge in [0.2, 0.25) is 0 Å². The second-order valence-electron chi connectivity index (χ2n) is 4.46. The third-order valence-electron chi connectivity index (χ3n) is 3.20. The van der Waals surface area contributed by atoms with Gasteiger partial charge in [0.05, 0.1) is 6.61 Å². The Bertz CT molecular complexity index is 464. The van der Waals surface area contributed by atoms with Crippen molar-refractivity contribution in [3.63, 3.8) is 0 Å². The molecule has 2 aromatic rings. The Kier molecular flexibility index (Phi) is 5.43. The van der Waals surface area contributed by atoms with E-state index < -0.39 is 0 Å². The van der Waals surface area contributed by atoms with Crippen LogP contribution in [-0.4, -0.2) is 13.7 Å². The fourth-order valence-electron chi connectivity index (χ4n) is 2.18. The van der Waals surface area contributed by atoms with Crippen molar-refractivity contribution in [1.82, 2.24) is 5.32 Å². The van der Waals surface area contributed by atoms with Crippen molar-refractivity contribution >= 4 is 11.3 Å². The zero-order valence-corrected chi connectivity index (χ0v) is 12.4. The van der Waals surface area contributed by atoms with Crippen LogP contribution in [-0.2, 0) is 6.42 Å². The first kappa shape index (κ1) is 14.1. The Morgan fingerprint density at radius 2 is 2.00 bits per heavy atom. The molecule has 0 spiro atoms. The topological polar surface area (TPSA) is 21.3 Å². The molecule has 1 aromatic heterocycles. The van der Waals surface area contributed by atoms with E-state index in [1.54, 1.807) is 0 Å². The smallest absolute Gasteiger partial charge is 0.119 e. The lowest BCUT2D eigenvalue weighted by Crippen LogP contribution is -2.16. The van der Waals surface area contributed by atoms with E-state index in [1.807, 2.05) is 37.4 Å². The molecule has 1 unspecified atom stereocenters. The molecule has 0 aliphatic carbocycles. The second-order valence-corrected chi connectivity index (χ2v) is 5.49. The minimum atomic E-state index is 0.401. The van der Waals surface area contributed by atoms with E-state index in [0.29, 0.717) is 12.6 Å². The summed E-state index contributed by atoms with van der Waals surface area (Å²) in [5.41, 5.74) is 1.32. The zero-order valence-electron chi connectivity index (χ0n) is 11.6. The number of aryl methyl sites for hydroxylation is 1. The van der Waals surface area contributed by atoms with Crippen molar-refractivity contribution in [3.8, 4) is 5.75 Å². The van der Waals surface area contributed by atoms with Crippen LogP contribution >= 0.6 is 11.3 Å². The number of rotatable bonds is 7. The van der Waals surface area contributed by atoms with Crippen LogP contribution in [0.3, 0.4) is 0 Å². The molecule has 3 heteroatoms. The number of thiophene rings is 1. The molecular weight excluding hydrogens is 254 g/mol. The molecule has 0 saturated heterocycles. The maximum atomic E-state index is 5.47. The molecule has 19 heavy (non-hydrogen) atoms. The Morgan fingerprint density at radius 3 is 2.58 bits per heavy atom. The van der Waals surface area contributed by atoms with E-state index in [2.05, 4.69) is 35.0 Å². The number of benzene rings is 1. The van der Waals surface area contributed by atoms with Crippen LogP contribution in [0.2, 0.25) is 0 Å². The summed E-state index contributed by atoms with van der Waals surface area (Å²) in [5, 5.41) is 5.54. The predicted molar refractivity (Wildman–Crippen MR) is 82.1 cm³/mol. The lowest BCUT2D eigenvalue weighted by molar-refractivity contribution is 0.340. The van der Waals surface area contributed by atoms with Crippen molar-refractivity contribution < 1.29 is 4.74 Å². The Hall–Kier alpha value is -1.32. The average molecular weight is 275 g/mol. The molecule has 0 aliphatic rings. The highest BCUT2D eigenvalue weighted by Crippen LogP contribution is 2.23. The van der Waals surface area contributed by atoms with Crippen molar-refractivity contribution in [1.29, 1.82) is 0 Å². The Morgan fingerprint density at radius 1 is 1.21 bits per heavy atom. The highest BCUT2D eigenvalue weighted by Gasteiger charge is 2.09. The largest absolute Gasteiger partial charge is 0.494 e. The lowest BCUT2D eigenvalue weighted by Gasteiger charge is -2.16. The first-order chi connectivity index (χ1) is 9.33. The molecule has 0 radical (unpaired) electrons. The molecule has 1 heterocycles. The zero-order chi connectivity index (χ0) is 13.5. The molecule has 0 saturated carbocycles. The van der Waals surface area contributed by atoms with Crippen molar-refractivity contribution in [2.45, 2.75) is 25.8 Å². The normalized spacial score (nSPS) is 12.3. The van der Waals surface area contributed by atoms with Crippen LogP contribution in [0.1, 0.15) is 29.8 Å². The van der Waals surface area contributed by atoms with E-state index >= 15 is 0 Å². The minimum absolute atomic E-state index is 0.401. The molecule has 0 amide bonds. The third kappa shape index (κ3) is 4.08. The molecule has 2 rings (SSSR count). The minimum Gasteiger partial charge on any atom is -0.494 e. The van der Waals surface area contributed by atoms with E-state index in [-0.39, 0.29) is 0 Å². The molecule has 1 atom stereocenters. The van der Waals surface area contributed by atoms with Crippen molar-refractivity contribution in [3.05, 3.63) is 52.2 Å². The van der Waals surface area contributed by atoms with Crippen molar-refractivity contribution in [2.24, 2.45) is 0 Å². The Balaban J connectivity index is 1.96. The highest BCUT2D eigenvalue weighted by molar-refractivity contribution is 7.09. The number of ether oxygens (including phenoxy) is 1. The molecule has 1 aromatic carbocycles. The Labute approximate surface area is 119 Å². The van der Waals surface area contributed by atoms with Crippen LogP contribution in [0, 0.1) is 0 Å². The predicted octanol–water partition coefficient (Wildman–Crippen LogP) is 4.04. The van der Waals surface area contributed by atoms with Crippen LogP contribution in [0.4, 0.5) is 0 Å². The maximum Gasteiger partial charge on any atom is 0.119 e. The van der Waals surface area contributed by atoms with Gasteiger partial charge in [0.1, 0.15) is 5.75 Å². The van der Waals surface area contributed by atoms with Gasteiger partial charge in [0.25, 0.3) is 0 Å². The third-order valence-corrected chi connectivity index (χ3v) is 4.14. The fraction of sp³-hybridized carbons (Fsp3) is 0.375. The summed E-state index contributed by atoms with van der Waals surface area (Å²) in [6.45, 7) is 2.72. The van der Waals surface area contributed by atoms with Gasteiger partial charge in [-0.3, -0.25) is 0 Å². The summed E-state index contributed by atoms with van der Waals surface area (Å²) < 4.78 is 5.47. The molecule has 102 valence electrons. The van der Waals surface area contributed by atoms with Crippen molar-refractivity contribution in [2.75, 3.05) is 13.7 Å². The molecule has 0 bridgehead atoms. The monoisotopic (exact) mass is 275 g/mol. The van der Waals surface area contributed by atoms with Gasteiger partial charge in [0, 0.05) is 10.9 Å². The standard InChI is InChI=1S/C16H21NOS/c1-3-18-14-8-6-13(7-9-14)16(17-2)11-10-15-5-4-12-19-15/h4-9,12,16-17H,3,10-11H2,1-2H3. The highest BCUT2D eigenvalue weighted by atomic mass is 32.1. The van der Waals surface area contributed by atoms with Gasteiger partial charge in [-0.1, -0.05) is 18.2 Å². The second kappa shape index (κ2) is 7.31. The van der Waals surface area contributed by atoms with Crippen LogP contribution in [0.25, 0.3) is 0 Å². The van der Waals surface area contributed by atoms with Gasteiger partial charge in [0.15, 0.2) is 0 Å². The maximum absolute atomic E-state index is 5.47. The summed E-state index contributed by atoms with van der Waals surface area (Å²) in [7, 11) is 2.02. The van der Waals surface area contributed by atoms with Crippen LogP contribution in [0.5, 0.6) is 5.75 Å². The molecule has 1 N–H and O–H groups in total. The SMILES string of the molecule is CCOc1ccc(C(CCc2cccs2)NC)cc1. The van der Waals surface area contributed by atoms with Gasteiger partial charge in [-0.2, -0.15) is 0 Å². The number of nitrogens with one attached hydrogen (secondary N) is 1. The van der Waals surface area contributed by atoms with Gasteiger partial charge in [-0.25, -0.2) is 0 Å². The first-order valence-corrected chi connectivity index (χ1v) is 7.64. The summed E-state index contributed by atoms with van der Waals surface area (Å²) in [6.07, 6.45) is 2.24. The fourth-order valence-corrected chi connectivity index (χ4v) is 2.91. The first-order valence-electron chi connectivity index (χ1n) is 6.76. The summed E-state index contributed by atoms with van der Waals surface area (Å²) in [5.74, 6) is 0.944. The number of hydrogen-bond donors (Lipinski definition) is 1. The molecular formula is C16H21NOS. The van der Waals surface area contributed by atoms with Crippen LogP contribution in [0.15, 0.2) is 41.8 Å². The molecule has 0 aliphatic heterocycles. The summed E-state index contributed by atoms with van der Waals surface area (Å²) >= 11 is 1.83. The van der Waals surface area contributed by atoms with E-state index in [4.69, 9.17) is 4.74 Å². The van der Waals surface area contributed by atoms with E-state index in [9.17, 15) is 0 Å². The summed E-state index contributed by atoms with van der Waals surface area (Å²) in [6, 6.07) is 13.1. The average Bonchev–Trinajstić information content (AvgIpc) is 2.95. The van der Waals surface area contributed by atoms with E-state index in [0.717, 1.165) is 18.6 Å². The van der Waals surface area contributed by atoms with Crippen LogP contribution < -0.4 is 10.1 Å². The lowest BCUT2D eigenvalue weighted by atomic mass is 10.0. The van der Waals surface area contributed by atoms with Gasteiger partial charge in [-0.05, 0) is 56.0 Å². The summed E-state index contributed by atoms with van der Waals surface area (Å²) in [4.78, 5) is 1.45. The van der Waals surface area contributed by atoms with Gasteiger partial charge in [-0.15, -0.1) is 11.3 Å². The molecule has 0 fully saturated rings. The van der Waals surface area contributed by atoms with Gasteiger partial charge < -0.3 is 10.1 Å². The van der Waals surface area contributed by atoms with Gasteiger partial charge >= 0.3 is 0 Å². The number of hydrogen-bond acceptors (Lipinski definition) is 3.